The van der Waals surface area contributed by atoms with Crippen molar-refractivity contribution in [2.75, 3.05) is 0 Å². The van der Waals surface area contributed by atoms with E-state index in [2.05, 4.69) is 48.5 Å². The van der Waals surface area contributed by atoms with Crippen molar-refractivity contribution in [2.24, 2.45) is 5.92 Å². The Morgan fingerprint density at radius 3 is 1.95 bits per heavy atom. The second kappa shape index (κ2) is 6.89. The second-order valence-corrected chi connectivity index (χ2v) is 5.12. The van der Waals surface area contributed by atoms with E-state index in [0.717, 1.165) is 25.5 Å². The molecule has 0 radical (unpaired) electrons. The first-order valence-electron chi connectivity index (χ1n) is 6.85. The number of carbonyl (C=O) groups excluding carboxylic acids is 1. The van der Waals surface area contributed by atoms with Gasteiger partial charge in [0.2, 0.25) is 0 Å². The van der Waals surface area contributed by atoms with E-state index in [4.69, 9.17) is 0 Å². The van der Waals surface area contributed by atoms with Crippen molar-refractivity contribution in [3.05, 3.63) is 71.3 Å². The Kier molecular flexibility index (Phi) is 4.91. The highest BCUT2D eigenvalue weighted by molar-refractivity contribution is 5.53. The van der Waals surface area contributed by atoms with Gasteiger partial charge in [0.15, 0.2) is 0 Å². The Balaban J connectivity index is 1.90. The molecule has 1 heteroatoms. The molecule has 19 heavy (non-hydrogen) atoms. The third kappa shape index (κ3) is 4.36. The summed E-state index contributed by atoms with van der Waals surface area (Å²) in [5.41, 5.74) is 3.97. The van der Waals surface area contributed by atoms with Crippen molar-refractivity contribution in [1.29, 1.82) is 0 Å². The molecule has 0 bridgehead atoms. The standard InChI is InChI=1S/C18H20O/c1-15(14-19)13-18-11-9-17(10-12-18)8-7-16-5-3-2-4-6-16/h2-6,9-12,14-15H,7-8,13H2,1H3/t15-/m0/s1. The summed E-state index contributed by atoms with van der Waals surface area (Å²) in [6, 6.07) is 19.2. The van der Waals surface area contributed by atoms with Crippen molar-refractivity contribution in [3.8, 4) is 0 Å². The minimum atomic E-state index is 0.107. The Morgan fingerprint density at radius 2 is 1.37 bits per heavy atom. The highest BCUT2D eigenvalue weighted by Crippen LogP contribution is 2.11. The predicted molar refractivity (Wildman–Crippen MR) is 79.2 cm³/mol. The van der Waals surface area contributed by atoms with Crippen molar-refractivity contribution in [2.45, 2.75) is 26.2 Å². The summed E-state index contributed by atoms with van der Waals surface area (Å²) >= 11 is 0. The maximum atomic E-state index is 10.6. The van der Waals surface area contributed by atoms with E-state index in [1.165, 1.54) is 16.7 Å². The minimum absolute atomic E-state index is 0.107. The van der Waals surface area contributed by atoms with Crippen molar-refractivity contribution in [3.63, 3.8) is 0 Å². The molecule has 1 nitrogen and oxygen atoms in total. The molecule has 0 saturated heterocycles. The summed E-state index contributed by atoms with van der Waals surface area (Å²) in [6.45, 7) is 1.95. The molecule has 0 fully saturated rings. The highest BCUT2D eigenvalue weighted by Gasteiger charge is 2.02. The van der Waals surface area contributed by atoms with Gasteiger partial charge in [0.05, 0.1) is 0 Å². The lowest BCUT2D eigenvalue weighted by atomic mass is 9.99. The SMILES string of the molecule is C[C@H](C=O)Cc1ccc(CCc2ccccc2)cc1. The van der Waals surface area contributed by atoms with Crippen LogP contribution in [-0.4, -0.2) is 6.29 Å². The largest absolute Gasteiger partial charge is 0.303 e. The first-order valence-corrected chi connectivity index (χ1v) is 6.85. The number of hydrogen-bond acceptors (Lipinski definition) is 1. The molecule has 0 aliphatic heterocycles. The lowest BCUT2D eigenvalue weighted by molar-refractivity contribution is -0.110. The monoisotopic (exact) mass is 252 g/mol. The van der Waals surface area contributed by atoms with Gasteiger partial charge in [0.25, 0.3) is 0 Å². The third-order valence-electron chi connectivity index (χ3n) is 3.36. The summed E-state index contributed by atoms with van der Waals surface area (Å²) in [4.78, 5) is 10.6. The van der Waals surface area contributed by atoms with Gasteiger partial charge < -0.3 is 4.79 Å². The average molecular weight is 252 g/mol. The van der Waals surface area contributed by atoms with Gasteiger partial charge in [0.1, 0.15) is 6.29 Å². The number of benzene rings is 2. The molecular weight excluding hydrogens is 232 g/mol. The van der Waals surface area contributed by atoms with Crippen LogP contribution in [0.4, 0.5) is 0 Å². The second-order valence-electron chi connectivity index (χ2n) is 5.12. The third-order valence-corrected chi connectivity index (χ3v) is 3.36. The van der Waals surface area contributed by atoms with E-state index >= 15 is 0 Å². The molecule has 0 amide bonds. The molecule has 0 N–H and O–H groups in total. The van der Waals surface area contributed by atoms with E-state index in [0.29, 0.717) is 0 Å². The fourth-order valence-corrected chi connectivity index (χ4v) is 2.20. The quantitative estimate of drug-likeness (QED) is 0.714. The molecule has 2 aromatic carbocycles. The molecule has 2 rings (SSSR count). The molecular formula is C18H20O. The lowest BCUT2D eigenvalue weighted by Gasteiger charge is -2.06. The molecule has 0 heterocycles. The maximum Gasteiger partial charge on any atom is 0.123 e. The number of aldehydes is 1. The number of aryl methyl sites for hydroxylation is 2. The number of carbonyl (C=O) groups is 1. The highest BCUT2D eigenvalue weighted by atomic mass is 16.1. The van der Waals surface area contributed by atoms with Gasteiger partial charge in [0, 0.05) is 5.92 Å². The van der Waals surface area contributed by atoms with Crippen LogP contribution in [0.15, 0.2) is 54.6 Å². The fourth-order valence-electron chi connectivity index (χ4n) is 2.20. The zero-order chi connectivity index (χ0) is 13.5. The summed E-state index contributed by atoms with van der Waals surface area (Å²) in [6.07, 6.45) is 3.99. The molecule has 0 aromatic heterocycles. The van der Waals surface area contributed by atoms with Gasteiger partial charge in [-0.25, -0.2) is 0 Å². The molecule has 2 aromatic rings. The average Bonchev–Trinajstić information content (AvgIpc) is 2.47. The Hall–Kier alpha value is -1.89. The molecule has 0 aliphatic rings. The first kappa shape index (κ1) is 13.5. The topological polar surface area (TPSA) is 17.1 Å². The predicted octanol–water partition coefficient (Wildman–Crippen LogP) is 3.85. The van der Waals surface area contributed by atoms with Gasteiger partial charge >= 0.3 is 0 Å². The molecule has 0 spiro atoms. The van der Waals surface area contributed by atoms with Crippen molar-refractivity contribution in [1.82, 2.24) is 0 Å². The molecule has 98 valence electrons. The molecule has 0 saturated carbocycles. The summed E-state index contributed by atoms with van der Waals surface area (Å²) in [7, 11) is 0. The van der Waals surface area contributed by atoms with Gasteiger partial charge in [-0.3, -0.25) is 0 Å². The maximum absolute atomic E-state index is 10.6. The minimum Gasteiger partial charge on any atom is -0.303 e. The van der Waals surface area contributed by atoms with Crippen molar-refractivity contribution >= 4 is 6.29 Å². The van der Waals surface area contributed by atoms with Crippen LogP contribution in [0.2, 0.25) is 0 Å². The zero-order valence-electron chi connectivity index (χ0n) is 11.4. The van der Waals surface area contributed by atoms with Gasteiger partial charge in [-0.15, -0.1) is 0 Å². The molecule has 0 aliphatic carbocycles. The van der Waals surface area contributed by atoms with Crippen LogP contribution in [0.5, 0.6) is 0 Å². The van der Waals surface area contributed by atoms with Gasteiger partial charge in [-0.1, -0.05) is 61.5 Å². The summed E-state index contributed by atoms with van der Waals surface area (Å²) in [5.74, 6) is 0.107. The number of rotatable bonds is 6. The van der Waals surface area contributed by atoms with E-state index in [-0.39, 0.29) is 5.92 Å². The van der Waals surface area contributed by atoms with Crippen LogP contribution in [-0.2, 0) is 24.1 Å². The fraction of sp³-hybridized carbons (Fsp3) is 0.278. The number of hydrogen-bond donors (Lipinski definition) is 0. The summed E-state index contributed by atoms with van der Waals surface area (Å²) < 4.78 is 0. The smallest absolute Gasteiger partial charge is 0.123 e. The van der Waals surface area contributed by atoms with E-state index in [9.17, 15) is 4.79 Å². The van der Waals surface area contributed by atoms with E-state index in [1.54, 1.807) is 0 Å². The Labute approximate surface area is 115 Å². The lowest BCUT2D eigenvalue weighted by Crippen LogP contribution is -2.00. The van der Waals surface area contributed by atoms with Crippen LogP contribution in [0, 0.1) is 5.92 Å². The van der Waals surface area contributed by atoms with Gasteiger partial charge in [-0.2, -0.15) is 0 Å². The normalized spacial score (nSPS) is 12.1. The van der Waals surface area contributed by atoms with E-state index < -0.39 is 0 Å². The van der Waals surface area contributed by atoms with Crippen LogP contribution in [0.25, 0.3) is 0 Å². The molecule has 0 unspecified atom stereocenters. The van der Waals surface area contributed by atoms with Crippen LogP contribution in [0.3, 0.4) is 0 Å². The Morgan fingerprint density at radius 1 is 0.842 bits per heavy atom. The van der Waals surface area contributed by atoms with Crippen LogP contribution < -0.4 is 0 Å². The van der Waals surface area contributed by atoms with Crippen molar-refractivity contribution < 1.29 is 4.79 Å². The Bertz CT molecular complexity index is 499. The molecule has 1 atom stereocenters. The zero-order valence-corrected chi connectivity index (χ0v) is 11.4. The van der Waals surface area contributed by atoms with E-state index in [1.807, 2.05) is 13.0 Å². The first-order chi connectivity index (χ1) is 9.28. The van der Waals surface area contributed by atoms with Crippen LogP contribution in [0.1, 0.15) is 23.6 Å². The van der Waals surface area contributed by atoms with Gasteiger partial charge in [-0.05, 0) is 36.0 Å². The summed E-state index contributed by atoms with van der Waals surface area (Å²) in [5, 5.41) is 0. The van der Waals surface area contributed by atoms with Crippen LogP contribution >= 0.6 is 0 Å².